The summed E-state index contributed by atoms with van der Waals surface area (Å²) in [6.07, 6.45) is 3.60. The van der Waals surface area contributed by atoms with E-state index in [-0.39, 0.29) is 11.9 Å². The molecule has 1 unspecified atom stereocenters. The Morgan fingerprint density at radius 2 is 2.53 bits per heavy atom. The molecule has 0 saturated heterocycles. The van der Waals surface area contributed by atoms with Crippen LogP contribution in [0.2, 0.25) is 0 Å². The molecule has 0 aliphatic rings. The number of nitrogens with zero attached hydrogens (tertiary/aromatic N) is 2. The van der Waals surface area contributed by atoms with E-state index in [1.54, 1.807) is 6.20 Å². The molecule has 1 aromatic heterocycles. The van der Waals surface area contributed by atoms with Crippen LogP contribution in [0.3, 0.4) is 0 Å². The zero-order valence-corrected chi connectivity index (χ0v) is 9.75. The first-order valence-electron chi connectivity index (χ1n) is 4.78. The first-order valence-corrected chi connectivity index (χ1v) is 5.76. The molecule has 1 amide bonds. The van der Waals surface area contributed by atoms with Crippen LogP contribution in [0, 0.1) is 0 Å². The molecule has 0 bridgehead atoms. The van der Waals surface area contributed by atoms with Gasteiger partial charge in [0.05, 0.1) is 6.04 Å². The van der Waals surface area contributed by atoms with Crippen LogP contribution in [0.4, 0.5) is 0 Å². The molecule has 84 valence electrons. The third-order valence-corrected chi connectivity index (χ3v) is 3.10. The van der Waals surface area contributed by atoms with Crippen LogP contribution < -0.4 is 11.1 Å². The number of amides is 1. The summed E-state index contributed by atoms with van der Waals surface area (Å²) in [5, 5.41) is 3.92. The van der Waals surface area contributed by atoms with Gasteiger partial charge in [-0.1, -0.05) is 18.7 Å². The first kappa shape index (κ1) is 12.1. The smallest absolute Gasteiger partial charge is 0.235 e. The summed E-state index contributed by atoms with van der Waals surface area (Å²) < 4.78 is 1.91. The van der Waals surface area contributed by atoms with Crippen molar-refractivity contribution in [2.24, 2.45) is 12.8 Å². The summed E-state index contributed by atoms with van der Waals surface area (Å²) in [4.78, 5) is 15.2. The van der Waals surface area contributed by atoms with E-state index in [4.69, 9.17) is 5.73 Å². The maximum Gasteiger partial charge on any atom is 0.235 e. The zero-order valence-electron chi connectivity index (χ0n) is 8.93. The van der Waals surface area contributed by atoms with E-state index in [1.165, 1.54) is 11.8 Å². The molecule has 3 N–H and O–H groups in total. The Balaban J connectivity index is 2.47. The lowest BCUT2D eigenvalue weighted by Crippen LogP contribution is -2.43. The van der Waals surface area contributed by atoms with Gasteiger partial charge >= 0.3 is 0 Å². The number of nitrogens with two attached hydrogens (primary N) is 1. The second kappa shape index (κ2) is 5.77. The Bertz CT molecular complexity index is 326. The predicted octanol–water partition coefficient (Wildman–Crippen LogP) is -0.0244. The van der Waals surface area contributed by atoms with Crippen LogP contribution in [0.5, 0.6) is 0 Å². The Morgan fingerprint density at radius 1 is 1.80 bits per heavy atom. The summed E-state index contributed by atoms with van der Waals surface area (Å²) in [7, 11) is 1.92. The largest absolute Gasteiger partial charge is 0.368 e. The molecule has 0 aliphatic carbocycles. The second-order valence-electron chi connectivity index (χ2n) is 3.14. The highest BCUT2D eigenvalue weighted by atomic mass is 32.2. The molecule has 0 fully saturated rings. The van der Waals surface area contributed by atoms with Gasteiger partial charge in [0.1, 0.15) is 0 Å². The average Bonchev–Trinajstić information content (AvgIpc) is 2.58. The van der Waals surface area contributed by atoms with E-state index >= 15 is 0 Å². The van der Waals surface area contributed by atoms with Gasteiger partial charge in [0, 0.05) is 25.2 Å². The molecule has 5 nitrogen and oxygen atoms in total. The normalized spacial score (nSPS) is 12.7. The quantitative estimate of drug-likeness (QED) is 0.671. The highest BCUT2D eigenvalue weighted by Gasteiger charge is 2.14. The maximum absolute atomic E-state index is 11.1. The van der Waals surface area contributed by atoms with E-state index in [9.17, 15) is 4.79 Å². The fourth-order valence-corrected chi connectivity index (χ4v) is 2.13. The molecule has 1 atom stereocenters. The van der Waals surface area contributed by atoms with Gasteiger partial charge in [-0.25, -0.2) is 4.98 Å². The van der Waals surface area contributed by atoms with Crippen molar-refractivity contribution in [2.45, 2.75) is 18.1 Å². The minimum Gasteiger partial charge on any atom is -0.368 e. The summed E-state index contributed by atoms with van der Waals surface area (Å²) in [5.41, 5.74) is 5.26. The number of carbonyl (C=O) groups is 1. The second-order valence-corrected chi connectivity index (χ2v) is 4.13. The molecule has 0 spiro atoms. The molecule has 1 aromatic rings. The van der Waals surface area contributed by atoms with Crippen molar-refractivity contribution < 1.29 is 4.79 Å². The van der Waals surface area contributed by atoms with Crippen molar-refractivity contribution in [3.63, 3.8) is 0 Å². The standard InChI is InChI=1S/C9H16N4OS/c1-3-11-7(8(10)14)6-15-9-12-4-5-13(9)2/h4-5,7,11H,3,6H2,1-2H3,(H2,10,14). The molecule has 0 aliphatic heterocycles. The predicted molar refractivity (Wildman–Crippen MR) is 60.6 cm³/mol. The minimum absolute atomic E-state index is 0.295. The van der Waals surface area contributed by atoms with Crippen molar-refractivity contribution in [1.29, 1.82) is 0 Å². The van der Waals surface area contributed by atoms with Crippen LogP contribution in [0.25, 0.3) is 0 Å². The molecule has 0 saturated carbocycles. The molecule has 15 heavy (non-hydrogen) atoms. The monoisotopic (exact) mass is 228 g/mol. The summed E-state index contributed by atoms with van der Waals surface area (Å²) in [5.74, 6) is 0.284. The highest BCUT2D eigenvalue weighted by molar-refractivity contribution is 7.99. The van der Waals surface area contributed by atoms with Gasteiger partial charge in [-0.15, -0.1) is 0 Å². The van der Waals surface area contributed by atoms with Gasteiger partial charge in [0.15, 0.2) is 5.16 Å². The number of aryl methyl sites for hydroxylation is 1. The van der Waals surface area contributed by atoms with Gasteiger partial charge in [0.25, 0.3) is 0 Å². The topological polar surface area (TPSA) is 72.9 Å². The lowest BCUT2D eigenvalue weighted by atomic mass is 10.3. The Hall–Kier alpha value is -1.01. The number of nitrogens with one attached hydrogen (secondary N) is 1. The van der Waals surface area contributed by atoms with E-state index in [1.807, 2.05) is 24.7 Å². The summed E-state index contributed by atoms with van der Waals surface area (Å²) in [6, 6.07) is -0.295. The van der Waals surface area contributed by atoms with Crippen molar-refractivity contribution in [2.75, 3.05) is 12.3 Å². The van der Waals surface area contributed by atoms with Crippen LogP contribution >= 0.6 is 11.8 Å². The molecule has 0 radical (unpaired) electrons. The number of primary amides is 1. The molecular formula is C9H16N4OS. The van der Waals surface area contributed by atoms with Gasteiger partial charge in [-0.05, 0) is 6.54 Å². The van der Waals surface area contributed by atoms with Crippen LogP contribution in [0.1, 0.15) is 6.92 Å². The van der Waals surface area contributed by atoms with Crippen molar-refractivity contribution >= 4 is 17.7 Å². The van der Waals surface area contributed by atoms with Crippen LogP contribution in [-0.2, 0) is 11.8 Å². The molecular weight excluding hydrogens is 212 g/mol. The first-order chi connectivity index (χ1) is 7.15. The number of hydrogen-bond acceptors (Lipinski definition) is 4. The SMILES string of the molecule is CCNC(CSc1nccn1C)C(N)=O. The van der Waals surface area contributed by atoms with Gasteiger partial charge in [-0.3, -0.25) is 4.79 Å². The molecule has 0 aromatic carbocycles. The summed E-state index contributed by atoms with van der Waals surface area (Å²) in [6.45, 7) is 2.68. The third-order valence-electron chi connectivity index (χ3n) is 1.95. The number of hydrogen-bond donors (Lipinski definition) is 2. The van der Waals surface area contributed by atoms with Crippen molar-refractivity contribution in [1.82, 2.24) is 14.9 Å². The van der Waals surface area contributed by atoms with E-state index in [0.29, 0.717) is 5.75 Å². The van der Waals surface area contributed by atoms with E-state index < -0.39 is 0 Å². The number of rotatable bonds is 6. The lowest BCUT2D eigenvalue weighted by molar-refractivity contribution is -0.119. The van der Waals surface area contributed by atoms with Crippen LogP contribution in [-0.4, -0.2) is 33.8 Å². The van der Waals surface area contributed by atoms with Crippen molar-refractivity contribution in [3.05, 3.63) is 12.4 Å². The van der Waals surface area contributed by atoms with Crippen LogP contribution in [0.15, 0.2) is 17.6 Å². The Morgan fingerprint density at radius 3 is 3.00 bits per heavy atom. The molecule has 1 heterocycles. The fraction of sp³-hybridized carbons (Fsp3) is 0.556. The molecule has 1 rings (SSSR count). The zero-order chi connectivity index (χ0) is 11.3. The van der Waals surface area contributed by atoms with Crippen molar-refractivity contribution in [3.8, 4) is 0 Å². The van der Waals surface area contributed by atoms with Gasteiger partial charge in [-0.2, -0.15) is 0 Å². The number of aromatic nitrogens is 2. The number of thioether (sulfide) groups is 1. The fourth-order valence-electron chi connectivity index (χ4n) is 1.14. The Labute approximate surface area is 93.4 Å². The highest BCUT2D eigenvalue weighted by Crippen LogP contribution is 2.15. The van der Waals surface area contributed by atoms with Gasteiger partial charge < -0.3 is 15.6 Å². The van der Waals surface area contributed by atoms with E-state index in [0.717, 1.165) is 11.7 Å². The Kier molecular flexibility index (Phi) is 4.64. The maximum atomic E-state index is 11.1. The summed E-state index contributed by atoms with van der Waals surface area (Å²) >= 11 is 1.52. The number of imidazole rings is 1. The lowest BCUT2D eigenvalue weighted by Gasteiger charge is -2.12. The molecule has 6 heteroatoms. The van der Waals surface area contributed by atoms with Gasteiger partial charge in [0.2, 0.25) is 5.91 Å². The third kappa shape index (κ3) is 3.56. The number of carbonyl (C=O) groups excluding carboxylic acids is 1. The van der Waals surface area contributed by atoms with E-state index in [2.05, 4.69) is 10.3 Å². The minimum atomic E-state index is -0.321. The average molecular weight is 228 g/mol. The number of likely N-dealkylation sites (N-methyl/N-ethyl adjacent to an activating group) is 1.